The lowest BCUT2D eigenvalue weighted by Gasteiger charge is -2.36. The molecule has 0 aromatic heterocycles. The van der Waals surface area contributed by atoms with Crippen LogP contribution in [-0.2, 0) is 14.0 Å². The summed E-state index contributed by atoms with van der Waals surface area (Å²) in [6.07, 6.45) is -0.242. The van der Waals surface area contributed by atoms with Gasteiger partial charge in [0.15, 0.2) is 9.04 Å². The summed E-state index contributed by atoms with van der Waals surface area (Å²) in [6, 6.07) is -0.709. The third kappa shape index (κ3) is 7.64. The molecule has 2 atom stereocenters. The van der Waals surface area contributed by atoms with E-state index in [1.54, 1.807) is 20.8 Å². The van der Waals surface area contributed by atoms with Crippen LogP contribution in [0.2, 0.25) is 13.1 Å². The SMILES string of the molecule is C[SiH](C)OC(C(C=O)NC(=O)OC(C)(C)C)C(C)(C)C. The number of rotatable bonds is 5. The van der Waals surface area contributed by atoms with Gasteiger partial charge in [0.25, 0.3) is 0 Å². The van der Waals surface area contributed by atoms with Gasteiger partial charge < -0.3 is 19.3 Å². The minimum Gasteiger partial charge on any atom is -0.444 e. The maximum atomic E-state index is 11.8. The Kier molecular flexibility index (Phi) is 6.90. The second-order valence-electron chi connectivity index (χ2n) is 7.28. The van der Waals surface area contributed by atoms with Gasteiger partial charge in [-0.05, 0) is 39.3 Å². The largest absolute Gasteiger partial charge is 0.444 e. The van der Waals surface area contributed by atoms with Crippen LogP contribution in [0.1, 0.15) is 41.5 Å². The minimum atomic E-state index is -1.34. The van der Waals surface area contributed by atoms with Crippen LogP contribution in [-0.4, -0.2) is 39.2 Å². The second-order valence-corrected chi connectivity index (χ2v) is 9.65. The Morgan fingerprint density at radius 1 is 1.15 bits per heavy atom. The minimum absolute atomic E-state index is 0.252. The van der Waals surface area contributed by atoms with E-state index < -0.39 is 26.8 Å². The number of hydrogen-bond acceptors (Lipinski definition) is 4. The van der Waals surface area contributed by atoms with Crippen molar-refractivity contribution in [3.63, 3.8) is 0 Å². The summed E-state index contributed by atoms with van der Waals surface area (Å²) in [6.45, 7) is 15.4. The third-order valence-electron chi connectivity index (χ3n) is 2.43. The van der Waals surface area contributed by atoms with Crippen molar-refractivity contribution >= 4 is 21.4 Å². The Bertz CT molecular complexity index is 331. The number of aldehydes is 1. The Morgan fingerprint density at radius 3 is 1.95 bits per heavy atom. The van der Waals surface area contributed by atoms with Crippen molar-refractivity contribution in [2.75, 3.05) is 0 Å². The molecule has 0 saturated carbocycles. The van der Waals surface area contributed by atoms with E-state index in [1.807, 2.05) is 33.9 Å². The first-order valence-electron chi connectivity index (χ1n) is 6.97. The van der Waals surface area contributed by atoms with Crippen LogP contribution in [0, 0.1) is 5.41 Å². The molecule has 6 heteroatoms. The Balaban J connectivity index is 4.92. The lowest BCUT2D eigenvalue weighted by atomic mass is 9.85. The predicted molar refractivity (Wildman–Crippen MR) is 82.4 cm³/mol. The molecular weight excluding hydrogens is 274 g/mol. The summed E-state index contributed by atoms with van der Waals surface area (Å²) in [4.78, 5) is 23.1. The molecule has 0 aliphatic heterocycles. The van der Waals surface area contributed by atoms with Gasteiger partial charge in [-0.3, -0.25) is 0 Å². The lowest BCUT2D eigenvalue weighted by molar-refractivity contribution is -0.113. The molecule has 2 unspecified atom stereocenters. The van der Waals surface area contributed by atoms with E-state index in [2.05, 4.69) is 5.32 Å². The van der Waals surface area contributed by atoms with Crippen LogP contribution in [0.4, 0.5) is 4.79 Å². The number of ether oxygens (including phenoxy) is 1. The van der Waals surface area contributed by atoms with Crippen LogP contribution < -0.4 is 5.32 Å². The van der Waals surface area contributed by atoms with Crippen LogP contribution in [0.3, 0.4) is 0 Å². The number of nitrogens with one attached hydrogen (secondary N) is 1. The van der Waals surface area contributed by atoms with Gasteiger partial charge in [0.05, 0.1) is 6.10 Å². The van der Waals surface area contributed by atoms with Crippen molar-refractivity contribution in [1.29, 1.82) is 0 Å². The summed E-state index contributed by atoms with van der Waals surface area (Å²) < 4.78 is 11.1. The van der Waals surface area contributed by atoms with Crippen molar-refractivity contribution in [1.82, 2.24) is 5.32 Å². The Morgan fingerprint density at radius 2 is 1.65 bits per heavy atom. The lowest BCUT2D eigenvalue weighted by Crippen LogP contribution is -2.53. The summed E-state index contributed by atoms with van der Waals surface area (Å²) in [5, 5.41) is 2.60. The Labute approximate surface area is 124 Å². The highest BCUT2D eigenvalue weighted by atomic mass is 28.3. The third-order valence-corrected chi connectivity index (χ3v) is 3.27. The van der Waals surface area contributed by atoms with Gasteiger partial charge in [-0.2, -0.15) is 0 Å². The molecule has 5 nitrogen and oxygen atoms in total. The van der Waals surface area contributed by atoms with E-state index in [-0.39, 0.29) is 11.5 Å². The highest BCUT2D eigenvalue weighted by molar-refractivity contribution is 6.48. The zero-order valence-corrected chi connectivity index (χ0v) is 15.1. The topological polar surface area (TPSA) is 64.6 Å². The van der Waals surface area contributed by atoms with E-state index >= 15 is 0 Å². The van der Waals surface area contributed by atoms with Gasteiger partial charge in [0.1, 0.15) is 17.9 Å². The van der Waals surface area contributed by atoms with E-state index in [4.69, 9.17) is 9.16 Å². The van der Waals surface area contributed by atoms with E-state index in [1.165, 1.54) is 0 Å². The summed E-state index contributed by atoms with van der Waals surface area (Å²) in [5.74, 6) is 0. The standard InChI is InChI=1S/C14H29NO4Si/c1-13(2,3)11(19-20(7)8)10(9-16)15-12(17)18-14(4,5)6/h9-11,20H,1-8H3,(H,15,17). The molecule has 118 valence electrons. The monoisotopic (exact) mass is 303 g/mol. The molecule has 0 heterocycles. The van der Waals surface area contributed by atoms with Crippen molar-refractivity contribution in [3.8, 4) is 0 Å². The second kappa shape index (κ2) is 7.22. The van der Waals surface area contributed by atoms with Crippen LogP contribution in [0.15, 0.2) is 0 Å². The summed E-state index contributed by atoms with van der Waals surface area (Å²) in [7, 11) is -1.34. The van der Waals surface area contributed by atoms with Crippen molar-refractivity contribution in [3.05, 3.63) is 0 Å². The predicted octanol–water partition coefficient (Wildman–Crippen LogP) is 2.49. The molecule has 20 heavy (non-hydrogen) atoms. The van der Waals surface area contributed by atoms with Gasteiger partial charge in [-0.15, -0.1) is 0 Å². The first-order valence-corrected chi connectivity index (χ1v) is 9.75. The number of carbonyl (C=O) groups excluding carboxylic acids is 2. The van der Waals surface area contributed by atoms with Crippen molar-refractivity contribution in [2.45, 2.75) is 72.4 Å². The first-order chi connectivity index (χ1) is 8.86. The molecule has 1 amide bonds. The van der Waals surface area contributed by atoms with Gasteiger partial charge in [0.2, 0.25) is 0 Å². The van der Waals surface area contributed by atoms with E-state index in [9.17, 15) is 9.59 Å². The smallest absolute Gasteiger partial charge is 0.408 e. The quantitative estimate of drug-likeness (QED) is 0.626. The Hall–Kier alpha value is -0.883. The van der Waals surface area contributed by atoms with Crippen LogP contribution >= 0.6 is 0 Å². The van der Waals surface area contributed by atoms with Crippen molar-refractivity contribution < 1.29 is 18.8 Å². The zero-order chi connectivity index (χ0) is 16.1. The van der Waals surface area contributed by atoms with Gasteiger partial charge in [-0.1, -0.05) is 20.8 Å². The fourth-order valence-corrected chi connectivity index (χ4v) is 2.91. The number of alkyl carbamates (subject to hydrolysis) is 1. The number of hydrogen-bond donors (Lipinski definition) is 1. The first kappa shape index (κ1) is 19.1. The average molecular weight is 303 g/mol. The van der Waals surface area contributed by atoms with Gasteiger partial charge in [0, 0.05) is 0 Å². The maximum absolute atomic E-state index is 11.8. The fourth-order valence-electron chi connectivity index (χ4n) is 1.75. The molecule has 0 fully saturated rings. The average Bonchev–Trinajstić information content (AvgIpc) is 2.18. The molecule has 0 radical (unpaired) electrons. The number of amides is 1. The molecule has 1 N–H and O–H groups in total. The van der Waals surface area contributed by atoms with Crippen LogP contribution in [0.25, 0.3) is 0 Å². The molecule has 0 aliphatic rings. The molecule has 0 aromatic carbocycles. The molecule has 0 rings (SSSR count). The normalized spacial score (nSPS) is 15.7. The van der Waals surface area contributed by atoms with Crippen molar-refractivity contribution in [2.24, 2.45) is 5.41 Å². The zero-order valence-electron chi connectivity index (χ0n) is 13.9. The highest BCUT2D eigenvalue weighted by Gasteiger charge is 2.35. The molecule has 0 aromatic rings. The maximum Gasteiger partial charge on any atom is 0.408 e. The van der Waals surface area contributed by atoms with Gasteiger partial charge in [-0.25, -0.2) is 4.79 Å². The summed E-state index contributed by atoms with van der Waals surface area (Å²) >= 11 is 0. The highest BCUT2D eigenvalue weighted by Crippen LogP contribution is 2.25. The fraction of sp³-hybridized carbons (Fsp3) is 0.857. The van der Waals surface area contributed by atoms with E-state index in [0.29, 0.717) is 0 Å². The molecular formula is C14H29NO4Si. The molecule has 0 bridgehead atoms. The molecule has 0 saturated heterocycles. The van der Waals surface area contributed by atoms with E-state index in [0.717, 1.165) is 6.29 Å². The van der Waals surface area contributed by atoms with Gasteiger partial charge >= 0.3 is 6.09 Å². The molecule has 0 spiro atoms. The van der Waals surface area contributed by atoms with Crippen LogP contribution in [0.5, 0.6) is 0 Å². The number of carbonyl (C=O) groups is 2. The summed E-state index contributed by atoms with van der Waals surface area (Å²) in [5.41, 5.74) is -0.847. The molecule has 0 aliphatic carbocycles.